The molecule has 314 valence electrons. The highest BCUT2D eigenvalue weighted by Gasteiger charge is 2.22. The van der Waals surface area contributed by atoms with Crippen LogP contribution in [0.2, 0.25) is 0 Å². The molecule has 0 aliphatic carbocycles. The third-order valence-electron chi connectivity index (χ3n) is 11.0. The van der Waals surface area contributed by atoms with Gasteiger partial charge in [0.25, 0.3) is 0 Å². The van der Waals surface area contributed by atoms with Gasteiger partial charge >= 0.3 is 0 Å². The van der Waals surface area contributed by atoms with E-state index in [1.54, 1.807) is 6.08 Å². The van der Waals surface area contributed by atoms with Gasteiger partial charge < -0.3 is 20.6 Å². The largest absolute Gasteiger partial charge is 0.394 e. The molecule has 0 fully saturated rings. The second-order valence-electron chi connectivity index (χ2n) is 16.3. The molecule has 0 aromatic rings. The van der Waals surface area contributed by atoms with Crippen LogP contribution in [-0.4, -0.2) is 46.1 Å². The Hall–Kier alpha value is -1.17. The number of rotatable bonds is 43. The van der Waals surface area contributed by atoms with Gasteiger partial charge in [0.15, 0.2) is 0 Å². The van der Waals surface area contributed by atoms with Gasteiger partial charge in [-0.05, 0) is 32.1 Å². The molecule has 0 aromatic heterocycles. The minimum absolute atomic E-state index is 0.373. The molecule has 3 unspecified atom stereocenters. The summed E-state index contributed by atoms with van der Waals surface area (Å²) in [6.45, 7) is 4.19. The number of aliphatic hydroxyl groups excluding tert-OH is 3. The molecule has 0 aliphatic rings. The second-order valence-corrected chi connectivity index (χ2v) is 16.3. The lowest BCUT2D eigenvalue weighted by molar-refractivity contribution is -0.131. The van der Waals surface area contributed by atoms with Gasteiger partial charge in [-0.25, -0.2) is 0 Å². The maximum Gasteiger partial charge on any atom is 0.249 e. The van der Waals surface area contributed by atoms with Gasteiger partial charge in [0.1, 0.15) is 6.10 Å². The topological polar surface area (TPSA) is 89.8 Å². The summed E-state index contributed by atoms with van der Waals surface area (Å²) < 4.78 is 0. The quantitative estimate of drug-likeness (QED) is 0.0369. The van der Waals surface area contributed by atoms with E-state index >= 15 is 0 Å². The Labute approximate surface area is 331 Å². The zero-order valence-corrected chi connectivity index (χ0v) is 35.7. The number of carbonyl (C=O) groups is 1. The summed E-state index contributed by atoms with van der Waals surface area (Å²) in [5, 5.41) is 33.2. The van der Waals surface area contributed by atoms with Crippen LogP contribution in [0.3, 0.4) is 0 Å². The Kier molecular flexibility index (Phi) is 42.6. The molecule has 0 radical (unpaired) electrons. The highest BCUT2D eigenvalue weighted by Crippen LogP contribution is 2.16. The molecule has 0 saturated carbocycles. The second kappa shape index (κ2) is 43.6. The summed E-state index contributed by atoms with van der Waals surface area (Å²) >= 11 is 0. The van der Waals surface area contributed by atoms with Crippen LogP contribution < -0.4 is 5.32 Å². The Bertz CT molecular complexity index is 784. The molecule has 0 saturated heterocycles. The van der Waals surface area contributed by atoms with Crippen molar-refractivity contribution in [3.63, 3.8) is 0 Å². The van der Waals surface area contributed by atoms with Crippen molar-refractivity contribution in [2.45, 2.75) is 270 Å². The number of nitrogens with one attached hydrogen (secondary N) is 1. The van der Waals surface area contributed by atoms with Crippen LogP contribution in [0.5, 0.6) is 0 Å². The highest BCUT2D eigenvalue weighted by atomic mass is 16.3. The monoisotopic (exact) mass is 748 g/mol. The molecule has 5 nitrogen and oxygen atoms in total. The minimum atomic E-state index is -1.10. The molecular formula is C48H93NO4. The lowest BCUT2D eigenvalue weighted by atomic mass is 10.0. The molecule has 0 spiro atoms. The van der Waals surface area contributed by atoms with Crippen LogP contribution in [0, 0.1) is 0 Å². The number of aliphatic hydroxyl groups is 3. The van der Waals surface area contributed by atoms with E-state index in [2.05, 4.69) is 31.3 Å². The maximum absolute atomic E-state index is 12.5. The average Bonchev–Trinajstić information content (AvgIpc) is 3.16. The summed E-state index contributed by atoms with van der Waals surface area (Å²) in [6, 6.07) is -0.811. The summed E-state index contributed by atoms with van der Waals surface area (Å²) in [5.74, 6) is -0.509. The van der Waals surface area contributed by atoms with Crippen LogP contribution in [-0.2, 0) is 4.79 Å². The third-order valence-corrected chi connectivity index (χ3v) is 11.0. The van der Waals surface area contributed by atoms with Crippen molar-refractivity contribution in [2.75, 3.05) is 6.61 Å². The van der Waals surface area contributed by atoms with Gasteiger partial charge in [0.2, 0.25) is 5.91 Å². The van der Waals surface area contributed by atoms with Gasteiger partial charge in [-0.1, -0.05) is 244 Å². The number of allylic oxidation sites excluding steroid dienone is 3. The molecule has 4 N–H and O–H groups in total. The van der Waals surface area contributed by atoms with E-state index in [4.69, 9.17) is 0 Å². The van der Waals surface area contributed by atoms with Crippen molar-refractivity contribution in [2.24, 2.45) is 0 Å². The molecule has 0 aliphatic heterocycles. The lowest BCUT2D eigenvalue weighted by Gasteiger charge is -2.21. The standard InChI is InChI=1S/C48H93NO4/c1-3-5-7-9-11-13-15-17-19-21-23-24-25-27-29-31-33-35-37-39-41-43-47(52)48(53)49-45(44-50)46(51)42-40-38-36-34-32-30-28-26-22-20-18-16-14-12-10-8-6-4-2/h32,34,40,42,45-47,50-52H,3-31,33,35-39,41,43-44H2,1-2H3,(H,49,53)/b34-32+,42-40+. The SMILES string of the molecule is CCCCCCCCCCCCCC/C=C/CC/C=C/C(O)C(CO)NC(=O)C(O)CCCCCCCCCCCCCCCCCCCCCCC. The van der Waals surface area contributed by atoms with Crippen molar-refractivity contribution in [1.82, 2.24) is 5.32 Å². The van der Waals surface area contributed by atoms with E-state index in [-0.39, 0.29) is 6.61 Å². The van der Waals surface area contributed by atoms with Crippen molar-refractivity contribution in [3.05, 3.63) is 24.3 Å². The van der Waals surface area contributed by atoms with Gasteiger partial charge in [-0.15, -0.1) is 0 Å². The maximum atomic E-state index is 12.5. The molecule has 5 heteroatoms. The summed E-state index contributed by atoms with van der Waals surface area (Å²) in [4.78, 5) is 12.5. The fourth-order valence-corrected chi connectivity index (χ4v) is 7.32. The predicted molar refractivity (Wildman–Crippen MR) is 231 cm³/mol. The summed E-state index contributed by atoms with van der Waals surface area (Å²) in [6.07, 6.45) is 53.6. The molecule has 0 bridgehead atoms. The fraction of sp³-hybridized carbons (Fsp3) is 0.896. The Morgan fingerprint density at radius 2 is 0.774 bits per heavy atom. The average molecular weight is 748 g/mol. The summed E-state index contributed by atoms with van der Waals surface area (Å²) in [7, 11) is 0. The highest BCUT2D eigenvalue weighted by molar-refractivity contribution is 5.80. The van der Waals surface area contributed by atoms with Crippen LogP contribution in [0.1, 0.15) is 251 Å². The number of amides is 1. The fourth-order valence-electron chi connectivity index (χ4n) is 7.32. The van der Waals surface area contributed by atoms with E-state index in [1.807, 2.05) is 6.08 Å². The van der Waals surface area contributed by atoms with Gasteiger partial charge in [-0.2, -0.15) is 0 Å². The number of carbonyl (C=O) groups excluding carboxylic acids is 1. The van der Waals surface area contributed by atoms with Crippen LogP contribution in [0.4, 0.5) is 0 Å². The van der Waals surface area contributed by atoms with E-state index < -0.39 is 24.2 Å². The lowest BCUT2D eigenvalue weighted by Crippen LogP contribution is -2.48. The molecule has 0 rings (SSSR count). The minimum Gasteiger partial charge on any atom is -0.394 e. The van der Waals surface area contributed by atoms with Gasteiger partial charge in [0, 0.05) is 0 Å². The number of hydrogen-bond donors (Lipinski definition) is 4. The normalized spacial score (nSPS) is 13.7. The van der Waals surface area contributed by atoms with Crippen molar-refractivity contribution >= 4 is 5.91 Å². The van der Waals surface area contributed by atoms with Crippen LogP contribution in [0.25, 0.3) is 0 Å². The molecular weight excluding hydrogens is 655 g/mol. The van der Waals surface area contributed by atoms with Crippen molar-refractivity contribution < 1.29 is 20.1 Å². The summed E-state index contributed by atoms with van der Waals surface area (Å²) in [5.41, 5.74) is 0. The molecule has 0 heterocycles. The first-order chi connectivity index (χ1) is 26.1. The first-order valence-electron chi connectivity index (χ1n) is 23.7. The van der Waals surface area contributed by atoms with Gasteiger partial charge in [-0.3, -0.25) is 4.79 Å². The van der Waals surface area contributed by atoms with Crippen LogP contribution >= 0.6 is 0 Å². The zero-order chi connectivity index (χ0) is 38.7. The smallest absolute Gasteiger partial charge is 0.249 e. The first-order valence-corrected chi connectivity index (χ1v) is 23.7. The molecule has 53 heavy (non-hydrogen) atoms. The van der Waals surface area contributed by atoms with Crippen molar-refractivity contribution in [3.8, 4) is 0 Å². The first kappa shape index (κ1) is 51.8. The van der Waals surface area contributed by atoms with Crippen molar-refractivity contribution in [1.29, 1.82) is 0 Å². The molecule has 0 aromatic carbocycles. The van der Waals surface area contributed by atoms with Crippen LogP contribution in [0.15, 0.2) is 24.3 Å². The Balaban J connectivity index is 3.65. The third kappa shape index (κ3) is 38.9. The number of unbranched alkanes of at least 4 members (excludes halogenated alkanes) is 33. The molecule has 1 amide bonds. The zero-order valence-electron chi connectivity index (χ0n) is 35.7. The molecule has 3 atom stereocenters. The van der Waals surface area contributed by atoms with E-state index in [0.29, 0.717) is 6.42 Å². The predicted octanol–water partition coefficient (Wildman–Crippen LogP) is 13.8. The van der Waals surface area contributed by atoms with E-state index in [0.717, 1.165) is 38.5 Å². The Morgan fingerprint density at radius 3 is 1.15 bits per heavy atom. The Morgan fingerprint density at radius 1 is 0.453 bits per heavy atom. The number of hydrogen-bond acceptors (Lipinski definition) is 4. The van der Waals surface area contributed by atoms with Gasteiger partial charge in [0.05, 0.1) is 18.8 Å². The van der Waals surface area contributed by atoms with E-state index in [1.165, 1.54) is 193 Å². The van der Waals surface area contributed by atoms with E-state index in [9.17, 15) is 20.1 Å².